The van der Waals surface area contributed by atoms with Gasteiger partial charge in [-0.05, 0) is 6.07 Å². The molecule has 1 rings (SSSR count). The highest BCUT2D eigenvalue weighted by Gasteiger charge is 2.11. The van der Waals surface area contributed by atoms with Gasteiger partial charge in [-0.1, -0.05) is 11.6 Å². The van der Waals surface area contributed by atoms with E-state index in [2.05, 4.69) is 0 Å². The number of benzene rings is 1. The topological polar surface area (TPSA) is 23.9 Å². The molecule has 0 aliphatic carbocycles. The van der Waals surface area contributed by atoms with Crippen molar-refractivity contribution in [1.29, 1.82) is 5.41 Å². The minimum Gasteiger partial charge on any atom is -0.289 e. The summed E-state index contributed by atoms with van der Waals surface area (Å²) in [6.45, 7) is 0. The molecule has 0 fully saturated rings. The molecular weight excluding hydrogens is 191 g/mol. The summed E-state index contributed by atoms with van der Waals surface area (Å²) in [7, 11) is 0. The molecule has 12 heavy (non-hydrogen) atoms. The van der Waals surface area contributed by atoms with Crippen LogP contribution in [-0.4, -0.2) is 5.17 Å². The fraction of sp³-hybridized carbons (Fsp3) is 0. The highest BCUT2D eigenvalue weighted by atomic mass is 35.5. The van der Waals surface area contributed by atoms with Crippen molar-refractivity contribution >= 4 is 16.8 Å². The highest BCUT2D eigenvalue weighted by molar-refractivity contribution is 6.68. The van der Waals surface area contributed by atoms with Crippen LogP contribution < -0.4 is 0 Å². The van der Waals surface area contributed by atoms with Crippen molar-refractivity contribution < 1.29 is 13.2 Å². The third kappa shape index (κ3) is 1.58. The zero-order valence-corrected chi connectivity index (χ0v) is 6.42. The molecule has 0 radical (unpaired) electrons. The average molecular weight is 194 g/mol. The van der Waals surface area contributed by atoms with Gasteiger partial charge in [-0.3, -0.25) is 5.41 Å². The molecule has 1 aromatic carbocycles. The Morgan fingerprint density at radius 1 is 1.08 bits per heavy atom. The summed E-state index contributed by atoms with van der Waals surface area (Å²) in [4.78, 5) is 0. The highest BCUT2D eigenvalue weighted by Crippen LogP contribution is 2.15. The van der Waals surface area contributed by atoms with Crippen molar-refractivity contribution in [3.63, 3.8) is 0 Å². The second kappa shape index (κ2) is 3.15. The van der Waals surface area contributed by atoms with Crippen LogP contribution in [0.2, 0.25) is 0 Å². The molecule has 0 saturated heterocycles. The van der Waals surface area contributed by atoms with Gasteiger partial charge in [-0.2, -0.15) is 0 Å². The van der Waals surface area contributed by atoms with Gasteiger partial charge in [-0.25, -0.2) is 13.2 Å². The largest absolute Gasteiger partial charge is 0.289 e. The van der Waals surface area contributed by atoms with Crippen LogP contribution in [0.3, 0.4) is 0 Å². The van der Waals surface area contributed by atoms with Crippen LogP contribution in [0.25, 0.3) is 0 Å². The molecule has 0 saturated carbocycles. The molecule has 0 aliphatic heterocycles. The number of hydrogen-bond acceptors (Lipinski definition) is 1. The lowest BCUT2D eigenvalue weighted by atomic mass is 10.2. The summed E-state index contributed by atoms with van der Waals surface area (Å²) in [5.74, 6) is -3.57. The number of rotatable bonds is 1. The first kappa shape index (κ1) is 9.06. The number of nitrogens with one attached hydrogen (secondary N) is 1. The third-order valence-electron chi connectivity index (χ3n) is 1.25. The molecule has 0 aliphatic rings. The monoisotopic (exact) mass is 193 g/mol. The normalized spacial score (nSPS) is 10.0. The second-order valence-corrected chi connectivity index (χ2v) is 2.44. The van der Waals surface area contributed by atoms with E-state index in [9.17, 15) is 13.2 Å². The van der Waals surface area contributed by atoms with Crippen LogP contribution in [0.1, 0.15) is 5.56 Å². The van der Waals surface area contributed by atoms with Gasteiger partial charge < -0.3 is 0 Å². The molecule has 0 amide bonds. The molecule has 0 aromatic heterocycles. The Labute approximate surface area is 71.3 Å². The average Bonchev–Trinajstić information content (AvgIpc) is 1.96. The van der Waals surface area contributed by atoms with E-state index in [-0.39, 0.29) is 0 Å². The summed E-state index contributed by atoms with van der Waals surface area (Å²) in [6.07, 6.45) is 0. The standard InChI is InChI=1S/C7H3ClF3N/c8-7(12)3-1-5(10)6(11)2-4(3)9/h1-2,12H. The van der Waals surface area contributed by atoms with E-state index in [0.29, 0.717) is 12.1 Å². The molecule has 0 atom stereocenters. The van der Waals surface area contributed by atoms with Crippen LogP contribution in [-0.2, 0) is 0 Å². The smallest absolute Gasteiger partial charge is 0.161 e. The zero-order chi connectivity index (χ0) is 9.30. The first-order chi connectivity index (χ1) is 5.52. The summed E-state index contributed by atoms with van der Waals surface area (Å²) < 4.78 is 37.4. The molecule has 64 valence electrons. The number of hydrogen-bond donors (Lipinski definition) is 1. The van der Waals surface area contributed by atoms with Crippen molar-refractivity contribution in [3.8, 4) is 0 Å². The predicted octanol–water partition coefficient (Wildman–Crippen LogP) is 2.67. The molecule has 0 spiro atoms. The Balaban J connectivity index is 3.33. The molecule has 5 heteroatoms. The second-order valence-electron chi connectivity index (χ2n) is 2.06. The van der Waals surface area contributed by atoms with Gasteiger partial charge in [-0.15, -0.1) is 0 Å². The maximum atomic E-state index is 12.6. The Kier molecular flexibility index (Phi) is 2.38. The van der Waals surface area contributed by atoms with Gasteiger partial charge in [0.05, 0.1) is 5.56 Å². The summed E-state index contributed by atoms with van der Waals surface area (Å²) in [5, 5.41) is 6.12. The van der Waals surface area contributed by atoms with E-state index in [1.165, 1.54) is 0 Å². The lowest BCUT2D eigenvalue weighted by Gasteiger charge is -1.99. The van der Waals surface area contributed by atoms with Gasteiger partial charge in [0.1, 0.15) is 11.0 Å². The van der Waals surface area contributed by atoms with Crippen molar-refractivity contribution in [3.05, 3.63) is 35.1 Å². The lowest BCUT2D eigenvalue weighted by Crippen LogP contribution is -1.98. The van der Waals surface area contributed by atoms with Gasteiger partial charge in [0.15, 0.2) is 11.6 Å². The van der Waals surface area contributed by atoms with E-state index in [1.54, 1.807) is 0 Å². The molecular formula is C7H3ClF3N. The maximum Gasteiger partial charge on any atom is 0.161 e. The quantitative estimate of drug-likeness (QED) is 0.524. The van der Waals surface area contributed by atoms with E-state index < -0.39 is 28.2 Å². The van der Waals surface area contributed by atoms with Crippen LogP contribution in [0.5, 0.6) is 0 Å². The Hall–Kier alpha value is -1.03. The van der Waals surface area contributed by atoms with Crippen molar-refractivity contribution in [2.75, 3.05) is 0 Å². The van der Waals surface area contributed by atoms with Crippen LogP contribution in [0.15, 0.2) is 12.1 Å². The van der Waals surface area contributed by atoms with Gasteiger partial charge in [0.25, 0.3) is 0 Å². The Morgan fingerprint density at radius 3 is 2.08 bits per heavy atom. The molecule has 0 heterocycles. The third-order valence-corrected chi connectivity index (χ3v) is 1.45. The zero-order valence-electron chi connectivity index (χ0n) is 5.67. The molecule has 0 bridgehead atoms. The van der Waals surface area contributed by atoms with Gasteiger partial charge in [0.2, 0.25) is 0 Å². The maximum absolute atomic E-state index is 12.6. The fourth-order valence-corrected chi connectivity index (χ4v) is 0.836. The lowest BCUT2D eigenvalue weighted by molar-refractivity contribution is 0.494. The van der Waals surface area contributed by atoms with E-state index in [4.69, 9.17) is 17.0 Å². The van der Waals surface area contributed by atoms with Crippen LogP contribution in [0, 0.1) is 22.9 Å². The predicted molar refractivity (Wildman–Crippen MR) is 39.0 cm³/mol. The SMILES string of the molecule is N=C(Cl)c1cc(F)c(F)cc1F. The van der Waals surface area contributed by atoms with Crippen molar-refractivity contribution in [2.24, 2.45) is 0 Å². The van der Waals surface area contributed by atoms with E-state index in [1.807, 2.05) is 0 Å². The van der Waals surface area contributed by atoms with Crippen LogP contribution in [0.4, 0.5) is 13.2 Å². The minimum absolute atomic E-state index is 0.349. The summed E-state index contributed by atoms with van der Waals surface area (Å²) >= 11 is 5.09. The summed E-state index contributed by atoms with van der Waals surface area (Å²) in [6, 6.07) is 0.890. The van der Waals surface area contributed by atoms with E-state index in [0.717, 1.165) is 0 Å². The van der Waals surface area contributed by atoms with E-state index >= 15 is 0 Å². The molecule has 1 nitrogen and oxygen atoms in total. The summed E-state index contributed by atoms with van der Waals surface area (Å²) in [5.41, 5.74) is -0.449. The molecule has 0 unspecified atom stereocenters. The fourth-order valence-electron chi connectivity index (χ4n) is 0.691. The van der Waals surface area contributed by atoms with Crippen molar-refractivity contribution in [1.82, 2.24) is 0 Å². The van der Waals surface area contributed by atoms with Crippen LogP contribution >= 0.6 is 11.6 Å². The van der Waals surface area contributed by atoms with Crippen molar-refractivity contribution in [2.45, 2.75) is 0 Å². The molecule has 1 N–H and O–H groups in total. The number of halogens is 4. The Morgan fingerprint density at radius 2 is 1.58 bits per heavy atom. The Bertz CT molecular complexity index is 338. The minimum atomic E-state index is -1.30. The first-order valence-electron chi connectivity index (χ1n) is 2.91. The van der Waals surface area contributed by atoms with Gasteiger partial charge in [0, 0.05) is 6.07 Å². The molecule has 1 aromatic rings. The van der Waals surface area contributed by atoms with Gasteiger partial charge >= 0.3 is 0 Å². The first-order valence-corrected chi connectivity index (χ1v) is 3.29.